The van der Waals surface area contributed by atoms with Crippen LogP contribution in [0.15, 0.2) is 15.7 Å². The third-order valence-corrected chi connectivity index (χ3v) is 3.64. The highest BCUT2D eigenvalue weighted by Crippen LogP contribution is 2.35. The fraction of sp³-hybridized carbons (Fsp3) is 0.250. The van der Waals surface area contributed by atoms with Crippen molar-refractivity contribution in [2.24, 2.45) is 5.73 Å². The number of nitro groups is 1. The number of hydrogen-bond acceptors (Lipinski definition) is 5. The van der Waals surface area contributed by atoms with Crippen LogP contribution in [0.2, 0.25) is 0 Å². The van der Waals surface area contributed by atoms with Crippen LogP contribution in [0.1, 0.15) is 17.5 Å². The zero-order valence-electron chi connectivity index (χ0n) is 10.7. The van der Waals surface area contributed by atoms with Gasteiger partial charge in [-0.15, -0.1) is 0 Å². The number of benzene rings is 1. The lowest BCUT2D eigenvalue weighted by Crippen LogP contribution is -2.42. The van der Waals surface area contributed by atoms with Gasteiger partial charge in [0.1, 0.15) is 0 Å². The van der Waals surface area contributed by atoms with Crippen molar-refractivity contribution in [2.45, 2.75) is 19.3 Å². The van der Waals surface area contributed by atoms with Gasteiger partial charge >= 0.3 is 17.1 Å². The Kier molecular flexibility index (Phi) is 2.65. The normalized spacial score (nSPS) is 13.3. The van der Waals surface area contributed by atoms with Crippen LogP contribution in [-0.4, -0.2) is 20.5 Å². The SMILES string of the molecule is NC(=O)n1c(=O)c(=O)[nH]c2cc([N+](=O)[O-])c3c(c21)CCC3. The molecule has 1 aromatic heterocycles. The molecular formula is C12H10N4O5. The van der Waals surface area contributed by atoms with Crippen LogP contribution in [0, 0.1) is 10.1 Å². The quantitative estimate of drug-likeness (QED) is 0.432. The molecule has 0 fully saturated rings. The van der Waals surface area contributed by atoms with Gasteiger partial charge in [-0.1, -0.05) is 0 Å². The van der Waals surface area contributed by atoms with E-state index < -0.39 is 22.1 Å². The first-order chi connectivity index (χ1) is 9.91. The van der Waals surface area contributed by atoms with Crippen molar-refractivity contribution in [2.75, 3.05) is 0 Å². The highest BCUT2D eigenvalue weighted by atomic mass is 16.6. The third-order valence-electron chi connectivity index (χ3n) is 3.64. The van der Waals surface area contributed by atoms with Crippen LogP contribution in [-0.2, 0) is 12.8 Å². The molecule has 3 N–H and O–H groups in total. The third kappa shape index (κ3) is 1.74. The maximum absolute atomic E-state index is 11.8. The van der Waals surface area contributed by atoms with Gasteiger partial charge in [0.25, 0.3) is 5.69 Å². The number of aromatic nitrogens is 2. The molecular weight excluding hydrogens is 280 g/mol. The van der Waals surface area contributed by atoms with Gasteiger partial charge in [-0.2, -0.15) is 0 Å². The summed E-state index contributed by atoms with van der Waals surface area (Å²) in [4.78, 5) is 47.8. The summed E-state index contributed by atoms with van der Waals surface area (Å²) < 4.78 is 0.585. The Morgan fingerprint density at radius 3 is 2.62 bits per heavy atom. The summed E-state index contributed by atoms with van der Waals surface area (Å²) in [5.74, 6) is 0. The number of fused-ring (bicyclic) bond motifs is 3. The fourth-order valence-corrected chi connectivity index (χ4v) is 2.85. The molecule has 1 aliphatic rings. The lowest BCUT2D eigenvalue weighted by Gasteiger charge is -2.10. The maximum Gasteiger partial charge on any atom is 0.326 e. The molecule has 9 heteroatoms. The summed E-state index contributed by atoms with van der Waals surface area (Å²) in [5.41, 5.74) is 4.14. The first-order valence-electron chi connectivity index (χ1n) is 6.20. The molecule has 1 heterocycles. The number of hydrogen-bond donors (Lipinski definition) is 2. The van der Waals surface area contributed by atoms with E-state index in [0.29, 0.717) is 35.0 Å². The highest BCUT2D eigenvalue weighted by Gasteiger charge is 2.28. The Morgan fingerprint density at radius 2 is 2.00 bits per heavy atom. The van der Waals surface area contributed by atoms with E-state index in [1.807, 2.05) is 0 Å². The zero-order valence-corrected chi connectivity index (χ0v) is 10.7. The number of carbonyl (C=O) groups excluding carboxylic acids is 1. The molecule has 9 nitrogen and oxygen atoms in total. The summed E-state index contributed by atoms with van der Waals surface area (Å²) in [6.07, 6.45) is 1.63. The standard InChI is InChI=1S/C12H10N4O5/c13-12(19)15-9-6-3-1-2-5(6)8(16(20)21)4-7(9)14-10(17)11(15)18/h4H,1-3H2,(H2,13,19)(H,14,17). The first kappa shape index (κ1) is 13.0. The van der Waals surface area contributed by atoms with Crippen LogP contribution >= 0.6 is 0 Å². The monoisotopic (exact) mass is 290 g/mol. The Morgan fingerprint density at radius 1 is 1.33 bits per heavy atom. The summed E-state index contributed by atoms with van der Waals surface area (Å²) in [6, 6.07) is 0.0822. The molecule has 1 aliphatic carbocycles. The predicted octanol–water partition coefficient (Wildman–Crippen LogP) is 0.0135. The van der Waals surface area contributed by atoms with Crippen molar-refractivity contribution in [3.63, 3.8) is 0 Å². The van der Waals surface area contributed by atoms with Crippen molar-refractivity contribution < 1.29 is 9.72 Å². The van der Waals surface area contributed by atoms with E-state index in [2.05, 4.69) is 4.98 Å². The van der Waals surface area contributed by atoms with E-state index in [1.165, 1.54) is 6.07 Å². The van der Waals surface area contributed by atoms with Gasteiger partial charge < -0.3 is 10.7 Å². The second kappa shape index (κ2) is 4.27. The van der Waals surface area contributed by atoms with E-state index in [9.17, 15) is 24.5 Å². The summed E-state index contributed by atoms with van der Waals surface area (Å²) in [6.45, 7) is 0. The minimum atomic E-state index is -1.09. The van der Waals surface area contributed by atoms with E-state index >= 15 is 0 Å². The molecule has 0 spiro atoms. The number of aromatic amines is 1. The molecule has 0 atom stereocenters. The smallest absolute Gasteiger partial charge is 0.326 e. The number of amides is 1. The molecule has 2 aromatic rings. The van der Waals surface area contributed by atoms with Gasteiger partial charge in [0.05, 0.1) is 16.0 Å². The molecule has 108 valence electrons. The van der Waals surface area contributed by atoms with Crippen LogP contribution in [0.5, 0.6) is 0 Å². The van der Waals surface area contributed by atoms with Crippen LogP contribution < -0.4 is 16.9 Å². The molecule has 0 aliphatic heterocycles. The Balaban J connectivity index is 2.60. The second-order valence-electron chi connectivity index (χ2n) is 4.79. The second-order valence-corrected chi connectivity index (χ2v) is 4.79. The highest BCUT2D eigenvalue weighted by molar-refractivity contribution is 5.92. The first-order valence-corrected chi connectivity index (χ1v) is 6.20. The molecule has 3 rings (SSSR count). The van der Waals surface area contributed by atoms with Crippen molar-refractivity contribution in [1.82, 2.24) is 9.55 Å². The molecule has 21 heavy (non-hydrogen) atoms. The Bertz CT molecular complexity index is 924. The maximum atomic E-state index is 11.8. The number of H-pyrrole nitrogens is 1. The lowest BCUT2D eigenvalue weighted by atomic mass is 10.1. The average molecular weight is 290 g/mol. The number of primary amides is 1. The predicted molar refractivity (Wildman–Crippen MR) is 72.5 cm³/mol. The van der Waals surface area contributed by atoms with E-state index in [0.717, 1.165) is 0 Å². The van der Waals surface area contributed by atoms with E-state index in [4.69, 9.17) is 5.73 Å². The topological polar surface area (TPSA) is 141 Å². The van der Waals surface area contributed by atoms with Crippen LogP contribution in [0.25, 0.3) is 11.0 Å². The molecule has 1 amide bonds. The Labute approximate surface area is 116 Å². The molecule has 0 saturated heterocycles. The number of aryl methyl sites for hydroxylation is 1. The summed E-state index contributed by atoms with van der Waals surface area (Å²) in [7, 11) is 0. The minimum Gasteiger partial charge on any atom is -0.351 e. The minimum absolute atomic E-state index is 0.0609. The molecule has 0 unspecified atom stereocenters. The summed E-state index contributed by atoms with van der Waals surface area (Å²) >= 11 is 0. The zero-order chi connectivity index (χ0) is 15.3. The van der Waals surface area contributed by atoms with Crippen molar-refractivity contribution in [3.8, 4) is 0 Å². The van der Waals surface area contributed by atoms with Gasteiger partial charge in [0.2, 0.25) is 0 Å². The fourth-order valence-electron chi connectivity index (χ4n) is 2.85. The van der Waals surface area contributed by atoms with Gasteiger partial charge in [0.15, 0.2) is 0 Å². The lowest BCUT2D eigenvalue weighted by molar-refractivity contribution is -0.385. The van der Waals surface area contributed by atoms with Crippen molar-refractivity contribution in [3.05, 3.63) is 48.0 Å². The van der Waals surface area contributed by atoms with Gasteiger partial charge in [-0.05, 0) is 24.8 Å². The number of nitrogens with zero attached hydrogens (tertiary/aromatic N) is 2. The summed E-state index contributed by atoms with van der Waals surface area (Å²) in [5, 5.41) is 11.1. The average Bonchev–Trinajstić information content (AvgIpc) is 2.88. The van der Waals surface area contributed by atoms with E-state index in [-0.39, 0.29) is 16.7 Å². The van der Waals surface area contributed by atoms with Gasteiger partial charge in [0, 0.05) is 11.6 Å². The number of nitrogens with two attached hydrogens (primary N) is 1. The Hall–Kier alpha value is -2.97. The number of nitrogens with one attached hydrogen (secondary N) is 1. The molecule has 0 saturated carbocycles. The van der Waals surface area contributed by atoms with Crippen molar-refractivity contribution >= 4 is 22.8 Å². The van der Waals surface area contributed by atoms with Gasteiger partial charge in [-0.25, -0.2) is 9.36 Å². The van der Waals surface area contributed by atoms with Crippen LogP contribution in [0.4, 0.5) is 10.5 Å². The molecule has 0 radical (unpaired) electrons. The largest absolute Gasteiger partial charge is 0.351 e. The van der Waals surface area contributed by atoms with E-state index in [1.54, 1.807) is 0 Å². The number of nitro benzene ring substituents is 1. The number of carbonyl (C=O) groups is 1. The van der Waals surface area contributed by atoms with Crippen molar-refractivity contribution in [1.29, 1.82) is 0 Å². The van der Waals surface area contributed by atoms with Gasteiger partial charge in [-0.3, -0.25) is 19.7 Å². The molecule has 0 bridgehead atoms. The van der Waals surface area contributed by atoms with Crippen LogP contribution in [0.3, 0.4) is 0 Å². The molecule has 1 aromatic carbocycles. The number of rotatable bonds is 1.